The van der Waals surface area contributed by atoms with Gasteiger partial charge >= 0.3 is 0 Å². The molecule has 8 nitrogen and oxygen atoms in total. The SMILES string of the molecule is CCC1(C)C(=O)/C=C\C(=O)C(C)(CC)C(=O)/C=C/C(=O)C(C)(CC)C(=O)/C=C/C(=O)C(C)(CC)C(=O)/C=C/C1=O. The molecule has 4 atom stereocenters. The van der Waals surface area contributed by atoms with Crippen LogP contribution < -0.4 is 0 Å². The quantitative estimate of drug-likeness (QED) is 0.467. The summed E-state index contributed by atoms with van der Waals surface area (Å²) in [6.45, 7) is 12.0. The van der Waals surface area contributed by atoms with Gasteiger partial charge in [-0.1, -0.05) is 27.7 Å². The Kier molecular flexibility index (Phi) is 11.3. The predicted octanol–water partition coefficient (Wildman–Crippen LogP) is 4.44. The van der Waals surface area contributed by atoms with E-state index in [0.29, 0.717) is 0 Å². The van der Waals surface area contributed by atoms with Gasteiger partial charge in [-0.2, -0.15) is 0 Å². The number of hydrogen-bond acceptors (Lipinski definition) is 8. The molecule has 0 bridgehead atoms. The molecule has 1 aliphatic rings. The Morgan fingerprint density at radius 1 is 0.325 bits per heavy atom. The third kappa shape index (κ3) is 6.54. The summed E-state index contributed by atoms with van der Waals surface area (Å²) in [6, 6.07) is 0. The Hall–Kier alpha value is -3.68. The average Bonchev–Trinajstić information content (AvgIpc) is 2.96. The Morgan fingerprint density at radius 2 is 0.425 bits per heavy atom. The first-order valence-corrected chi connectivity index (χ1v) is 13.5. The maximum Gasteiger partial charge on any atom is 0.169 e. The van der Waals surface area contributed by atoms with Crippen molar-refractivity contribution in [1.82, 2.24) is 0 Å². The van der Waals surface area contributed by atoms with E-state index in [9.17, 15) is 38.4 Å². The molecule has 1 rings (SSSR count). The summed E-state index contributed by atoms with van der Waals surface area (Å²) in [7, 11) is 0. The van der Waals surface area contributed by atoms with Crippen LogP contribution in [0.25, 0.3) is 0 Å². The molecule has 0 aliphatic heterocycles. The van der Waals surface area contributed by atoms with Crippen molar-refractivity contribution < 1.29 is 38.4 Å². The lowest BCUT2D eigenvalue weighted by atomic mass is 9.74. The highest BCUT2D eigenvalue weighted by Gasteiger charge is 2.41. The maximum atomic E-state index is 13.1. The van der Waals surface area contributed by atoms with Gasteiger partial charge < -0.3 is 0 Å². The summed E-state index contributed by atoms with van der Waals surface area (Å²) in [4.78, 5) is 104. The topological polar surface area (TPSA) is 137 Å². The zero-order valence-corrected chi connectivity index (χ0v) is 24.7. The minimum atomic E-state index is -1.60. The molecule has 0 saturated heterocycles. The van der Waals surface area contributed by atoms with Crippen LogP contribution in [-0.2, 0) is 38.4 Å². The number of carbonyl (C=O) groups excluding carboxylic acids is 8. The van der Waals surface area contributed by atoms with Crippen molar-refractivity contribution in [2.45, 2.75) is 81.1 Å². The highest BCUT2D eigenvalue weighted by atomic mass is 16.2. The lowest BCUT2D eigenvalue weighted by molar-refractivity contribution is -0.137. The first-order valence-electron chi connectivity index (χ1n) is 13.5. The molecular weight excluding hydrogens is 512 g/mol. The van der Waals surface area contributed by atoms with E-state index in [-0.39, 0.29) is 25.7 Å². The predicted molar refractivity (Wildman–Crippen MR) is 150 cm³/mol. The number of allylic oxidation sites excluding steroid dienone is 8. The van der Waals surface area contributed by atoms with Gasteiger partial charge in [0.15, 0.2) is 46.3 Å². The molecule has 0 radical (unpaired) electrons. The standard InChI is InChI=1S/C32H40O8/c1-9-29(5)21(33)13-15-23(35)30(6,10-2)25(37)17-19-27(39)32(8,12-4)28(40)20-18-26(38)31(7,11-3)24(36)16-14-22(29)34/h13-20H,9-12H2,1-8H3/b15-13-,16-14+,19-17+,20-18+. The van der Waals surface area contributed by atoms with E-state index in [4.69, 9.17) is 0 Å². The van der Waals surface area contributed by atoms with Gasteiger partial charge in [0.2, 0.25) is 0 Å². The maximum absolute atomic E-state index is 13.1. The van der Waals surface area contributed by atoms with Gasteiger partial charge in [-0.15, -0.1) is 0 Å². The number of ketones is 8. The normalized spacial score (nSPS) is 35.0. The summed E-state index contributed by atoms with van der Waals surface area (Å²) in [5, 5.41) is 0. The van der Waals surface area contributed by atoms with Crippen LogP contribution in [0, 0.1) is 21.7 Å². The van der Waals surface area contributed by atoms with Gasteiger partial charge in [0, 0.05) is 0 Å². The number of carbonyl (C=O) groups is 8. The molecule has 4 unspecified atom stereocenters. The Morgan fingerprint density at radius 3 is 0.500 bits per heavy atom. The van der Waals surface area contributed by atoms with Crippen molar-refractivity contribution in [3.8, 4) is 0 Å². The van der Waals surface area contributed by atoms with Crippen LogP contribution in [0.3, 0.4) is 0 Å². The van der Waals surface area contributed by atoms with Gasteiger partial charge in [-0.3, -0.25) is 38.4 Å². The molecule has 0 saturated carbocycles. The smallest absolute Gasteiger partial charge is 0.169 e. The van der Waals surface area contributed by atoms with E-state index >= 15 is 0 Å². The fourth-order valence-electron chi connectivity index (χ4n) is 3.96. The van der Waals surface area contributed by atoms with Crippen molar-refractivity contribution in [3.63, 3.8) is 0 Å². The second-order valence-electron chi connectivity index (χ2n) is 11.0. The molecule has 40 heavy (non-hydrogen) atoms. The molecule has 216 valence electrons. The Labute approximate surface area is 236 Å². The highest BCUT2D eigenvalue weighted by Crippen LogP contribution is 2.31. The second kappa shape index (κ2) is 13.1. The first kappa shape index (κ1) is 34.3. The van der Waals surface area contributed by atoms with Crippen molar-refractivity contribution in [1.29, 1.82) is 0 Å². The van der Waals surface area contributed by atoms with Crippen LogP contribution >= 0.6 is 0 Å². The largest absolute Gasteiger partial charge is 0.294 e. The summed E-state index contributed by atoms with van der Waals surface area (Å²) >= 11 is 0. The average molecular weight is 553 g/mol. The van der Waals surface area contributed by atoms with Crippen molar-refractivity contribution in [2.24, 2.45) is 21.7 Å². The Bertz CT molecular complexity index is 973. The molecular formula is C32H40O8. The fraction of sp³-hybridized carbons (Fsp3) is 0.500. The second-order valence-corrected chi connectivity index (χ2v) is 11.0. The zero-order chi connectivity index (χ0) is 31.1. The van der Waals surface area contributed by atoms with Crippen LogP contribution in [0.2, 0.25) is 0 Å². The summed E-state index contributed by atoms with van der Waals surface area (Å²) in [5.41, 5.74) is -6.40. The van der Waals surface area contributed by atoms with Gasteiger partial charge in [-0.05, 0) is 102 Å². The lowest BCUT2D eigenvalue weighted by Gasteiger charge is -2.25. The van der Waals surface area contributed by atoms with Crippen molar-refractivity contribution >= 4 is 46.3 Å². The molecule has 0 aromatic rings. The van der Waals surface area contributed by atoms with E-state index in [2.05, 4.69) is 0 Å². The third-order valence-electron chi connectivity index (χ3n) is 8.72. The molecule has 0 amide bonds. The molecule has 0 spiro atoms. The monoisotopic (exact) mass is 552 g/mol. The highest BCUT2D eigenvalue weighted by molar-refractivity contribution is 6.23. The van der Waals surface area contributed by atoms with Crippen LogP contribution in [0.1, 0.15) is 81.1 Å². The molecule has 0 aromatic carbocycles. The first-order chi connectivity index (χ1) is 18.4. The lowest BCUT2D eigenvalue weighted by Crippen LogP contribution is -2.38. The summed E-state index contributed by atoms with van der Waals surface area (Å²) in [5.74, 6) is -5.51. The van der Waals surface area contributed by atoms with Gasteiger partial charge in [-0.25, -0.2) is 0 Å². The van der Waals surface area contributed by atoms with E-state index in [0.717, 1.165) is 48.6 Å². The van der Waals surface area contributed by atoms with E-state index in [1.165, 1.54) is 27.7 Å². The molecule has 0 N–H and O–H groups in total. The van der Waals surface area contributed by atoms with Gasteiger partial charge in [0.1, 0.15) is 0 Å². The van der Waals surface area contributed by atoms with E-state index in [1.807, 2.05) is 0 Å². The van der Waals surface area contributed by atoms with Crippen LogP contribution in [0.15, 0.2) is 48.6 Å². The van der Waals surface area contributed by atoms with Crippen LogP contribution in [0.5, 0.6) is 0 Å². The number of hydrogen-bond donors (Lipinski definition) is 0. The zero-order valence-electron chi connectivity index (χ0n) is 24.7. The summed E-state index contributed by atoms with van der Waals surface area (Å²) < 4.78 is 0. The Balaban J connectivity index is 3.81. The van der Waals surface area contributed by atoms with Crippen molar-refractivity contribution in [3.05, 3.63) is 48.6 Å². The molecule has 0 aromatic heterocycles. The summed E-state index contributed by atoms with van der Waals surface area (Å²) in [6.07, 6.45) is 7.82. The van der Waals surface area contributed by atoms with Crippen LogP contribution in [0.4, 0.5) is 0 Å². The molecule has 8 heteroatoms. The van der Waals surface area contributed by atoms with Gasteiger partial charge in [0.05, 0.1) is 21.7 Å². The third-order valence-corrected chi connectivity index (χ3v) is 8.72. The molecule has 0 heterocycles. The van der Waals surface area contributed by atoms with Gasteiger partial charge in [0.25, 0.3) is 0 Å². The minimum Gasteiger partial charge on any atom is -0.294 e. The number of rotatable bonds is 4. The van der Waals surface area contributed by atoms with Crippen LogP contribution in [-0.4, -0.2) is 46.3 Å². The molecule has 0 fully saturated rings. The minimum absolute atomic E-state index is 0.0571. The fourth-order valence-corrected chi connectivity index (χ4v) is 3.96. The van der Waals surface area contributed by atoms with Crippen molar-refractivity contribution in [2.75, 3.05) is 0 Å². The van der Waals surface area contributed by atoms with E-state index in [1.54, 1.807) is 27.7 Å². The molecule has 1 aliphatic carbocycles. The van der Waals surface area contributed by atoms with E-state index < -0.39 is 67.9 Å².